The van der Waals surface area contributed by atoms with Gasteiger partial charge < -0.3 is 5.32 Å². The van der Waals surface area contributed by atoms with Gasteiger partial charge >= 0.3 is 0 Å². The van der Waals surface area contributed by atoms with Crippen molar-refractivity contribution in [1.82, 2.24) is 10.0 Å². The van der Waals surface area contributed by atoms with Crippen LogP contribution in [0.1, 0.15) is 16.7 Å². The third-order valence-electron chi connectivity index (χ3n) is 3.73. The summed E-state index contributed by atoms with van der Waals surface area (Å²) in [5, 5.41) is 2.58. The molecule has 2 aromatic rings. The first-order chi connectivity index (χ1) is 11.8. The van der Waals surface area contributed by atoms with Crippen molar-refractivity contribution < 1.29 is 17.6 Å². The van der Waals surface area contributed by atoms with Gasteiger partial charge in [-0.15, -0.1) is 0 Å². The molecule has 0 aliphatic carbocycles. The molecule has 0 heterocycles. The van der Waals surface area contributed by atoms with Crippen molar-refractivity contribution in [2.24, 2.45) is 0 Å². The Morgan fingerprint density at radius 1 is 1.12 bits per heavy atom. The quantitative estimate of drug-likeness (QED) is 0.790. The lowest BCUT2D eigenvalue weighted by Gasteiger charge is -2.10. The van der Waals surface area contributed by atoms with Gasteiger partial charge in [-0.3, -0.25) is 4.79 Å². The lowest BCUT2D eigenvalue weighted by molar-refractivity contribution is -0.119. The van der Waals surface area contributed by atoms with Crippen molar-refractivity contribution in [3.05, 3.63) is 65.0 Å². The van der Waals surface area contributed by atoms with Gasteiger partial charge in [0, 0.05) is 6.54 Å². The van der Waals surface area contributed by atoms with Gasteiger partial charge in [-0.1, -0.05) is 30.3 Å². The number of benzene rings is 2. The van der Waals surface area contributed by atoms with E-state index in [2.05, 4.69) is 10.0 Å². The second-order valence-corrected chi connectivity index (χ2v) is 7.52. The second-order valence-electron chi connectivity index (χ2n) is 5.78. The number of hydrogen-bond acceptors (Lipinski definition) is 3. The summed E-state index contributed by atoms with van der Waals surface area (Å²) in [6, 6.07) is 11.4. The van der Waals surface area contributed by atoms with Crippen LogP contribution in [0.4, 0.5) is 4.39 Å². The van der Waals surface area contributed by atoms with Gasteiger partial charge in [0.05, 0.1) is 11.4 Å². The van der Waals surface area contributed by atoms with Crippen molar-refractivity contribution in [1.29, 1.82) is 0 Å². The zero-order valence-electron chi connectivity index (χ0n) is 14.2. The summed E-state index contributed by atoms with van der Waals surface area (Å²) in [5.41, 5.74) is 1.93. The van der Waals surface area contributed by atoms with E-state index in [1.54, 1.807) is 44.2 Å². The first kappa shape index (κ1) is 19.1. The minimum Gasteiger partial charge on any atom is -0.355 e. The molecule has 0 atom stereocenters. The Morgan fingerprint density at radius 3 is 2.56 bits per heavy atom. The minimum absolute atomic E-state index is 0.159. The third kappa shape index (κ3) is 5.37. The molecule has 2 aromatic carbocycles. The molecular formula is C18H21FN2O3S. The number of aryl methyl sites for hydroxylation is 2. The molecule has 134 valence electrons. The lowest BCUT2D eigenvalue weighted by Crippen LogP contribution is -2.37. The molecule has 5 nitrogen and oxygen atoms in total. The van der Waals surface area contributed by atoms with E-state index >= 15 is 0 Å². The highest BCUT2D eigenvalue weighted by molar-refractivity contribution is 7.89. The van der Waals surface area contributed by atoms with Crippen molar-refractivity contribution in [3.8, 4) is 0 Å². The van der Waals surface area contributed by atoms with Crippen LogP contribution < -0.4 is 10.0 Å². The van der Waals surface area contributed by atoms with Crippen LogP contribution in [0.25, 0.3) is 0 Å². The van der Waals surface area contributed by atoms with Crippen LogP contribution in [0, 0.1) is 19.7 Å². The van der Waals surface area contributed by atoms with E-state index in [4.69, 9.17) is 0 Å². The molecule has 2 N–H and O–H groups in total. The van der Waals surface area contributed by atoms with E-state index < -0.39 is 15.9 Å². The molecule has 0 unspecified atom stereocenters. The van der Waals surface area contributed by atoms with Gasteiger partial charge in [0.15, 0.2) is 0 Å². The van der Waals surface area contributed by atoms with Gasteiger partial charge in [-0.25, -0.2) is 17.5 Å². The maximum Gasteiger partial charge on any atom is 0.241 e. The standard InChI is InChI=1S/C18H21FN2O3S/c1-13-7-8-14(2)17(11-13)25(23,24)21-12-18(22)20-10-9-15-5-3-4-6-16(15)19/h3-8,11,21H,9-10,12H2,1-2H3,(H,20,22). The molecule has 25 heavy (non-hydrogen) atoms. The fourth-order valence-electron chi connectivity index (χ4n) is 2.34. The summed E-state index contributed by atoms with van der Waals surface area (Å²) in [5.74, 6) is -0.794. The largest absolute Gasteiger partial charge is 0.355 e. The molecule has 7 heteroatoms. The Morgan fingerprint density at radius 2 is 1.84 bits per heavy atom. The van der Waals surface area contributed by atoms with E-state index in [1.165, 1.54) is 6.07 Å². The van der Waals surface area contributed by atoms with Crippen LogP contribution >= 0.6 is 0 Å². The summed E-state index contributed by atoms with van der Waals surface area (Å²) in [6.07, 6.45) is 0.335. The molecule has 1 amide bonds. The van der Waals surface area contributed by atoms with Gasteiger partial charge in [0.2, 0.25) is 15.9 Å². The van der Waals surface area contributed by atoms with Gasteiger partial charge in [0.25, 0.3) is 0 Å². The van der Waals surface area contributed by atoms with Gasteiger partial charge in [0.1, 0.15) is 5.82 Å². The van der Waals surface area contributed by atoms with E-state index in [9.17, 15) is 17.6 Å². The monoisotopic (exact) mass is 364 g/mol. The Balaban J connectivity index is 1.87. The van der Waals surface area contributed by atoms with Crippen molar-refractivity contribution >= 4 is 15.9 Å². The van der Waals surface area contributed by atoms with Crippen LogP contribution in [0.2, 0.25) is 0 Å². The lowest BCUT2D eigenvalue weighted by atomic mass is 10.1. The van der Waals surface area contributed by atoms with Gasteiger partial charge in [-0.05, 0) is 49.1 Å². The zero-order chi connectivity index (χ0) is 18.4. The number of nitrogens with one attached hydrogen (secondary N) is 2. The minimum atomic E-state index is -3.76. The zero-order valence-corrected chi connectivity index (χ0v) is 15.0. The van der Waals surface area contributed by atoms with E-state index in [0.717, 1.165) is 5.56 Å². The SMILES string of the molecule is Cc1ccc(C)c(S(=O)(=O)NCC(=O)NCCc2ccccc2F)c1. The average Bonchev–Trinajstić information content (AvgIpc) is 2.57. The maximum atomic E-state index is 13.5. The summed E-state index contributed by atoms with van der Waals surface area (Å²) in [4.78, 5) is 12.0. The van der Waals surface area contributed by atoms with Crippen molar-refractivity contribution in [3.63, 3.8) is 0 Å². The average molecular weight is 364 g/mol. The number of hydrogen-bond donors (Lipinski definition) is 2. The number of rotatable bonds is 7. The molecule has 0 saturated heterocycles. The number of carbonyl (C=O) groups excluding carboxylic acids is 1. The topological polar surface area (TPSA) is 75.3 Å². The number of halogens is 1. The fourth-order valence-corrected chi connectivity index (χ4v) is 3.64. The molecule has 0 radical (unpaired) electrons. The molecule has 0 saturated carbocycles. The predicted octanol–water partition coefficient (Wildman–Crippen LogP) is 2.08. The van der Waals surface area contributed by atoms with E-state index in [0.29, 0.717) is 17.5 Å². The first-order valence-corrected chi connectivity index (χ1v) is 9.35. The predicted molar refractivity (Wildman–Crippen MR) is 94.2 cm³/mol. The summed E-state index contributed by atoms with van der Waals surface area (Å²) in [7, 11) is -3.76. The normalized spacial score (nSPS) is 11.3. The molecule has 2 rings (SSSR count). The molecule has 0 aromatic heterocycles. The highest BCUT2D eigenvalue weighted by Gasteiger charge is 2.18. The number of carbonyl (C=O) groups is 1. The Hall–Kier alpha value is -2.25. The fraction of sp³-hybridized carbons (Fsp3) is 0.278. The highest BCUT2D eigenvalue weighted by atomic mass is 32.2. The first-order valence-electron chi connectivity index (χ1n) is 7.86. The summed E-state index contributed by atoms with van der Waals surface area (Å²) in [6.45, 7) is 3.36. The summed E-state index contributed by atoms with van der Waals surface area (Å²) < 4.78 is 40.4. The van der Waals surface area contributed by atoms with E-state index in [-0.39, 0.29) is 23.8 Å². The highest BCUT2D eigenvalue weighted by Crippen LogP contribution is 2.16. The smallest absolute Gasteiger partial charge is 0.241 e. The molecule has 0 aliphatic rings. The van der Waals surface area contributed by atoms with Crippen LogP contribution in [0.5, 0.6) is 0 Å². The molecule has 0 fully saturated rings. The van der Waals surface area contributed by atoms with Crippen LogP contribution in [0.3, 0.4) is 0 Å². The molecular weight excluding hydrogens is 343 g/mol. The van der Waals surface area contributed by atoms with E-state index in [1.807, 2.05) is 6.07 Å². The van der Waals surface area contributed by atoms with Crippen LogP contribution in [-0.2, 0) is 21.2 Å². The Kier molecular flexibility index (Phi) is 6.27. The number of sulfonamides is 1. The second kappa shape index (κ2) is 8.22. The Bertz CT molecular complexity index is 866. The maximum absolute atomic E-state index is 13.5. The molecule has 0 bridgehead atoms. The number of amides is 1. The van der Waals surface area contributed by atoms with Crippen LogP contribution in [0.15, 0.2) is 47.4 Å². The third-order valence-corrected chi connectivity index (χ3v) is 5.27. The van der Waals surface area contributed by atoms with Crippen molar-refractivity contribution in [2.75, 3.05) is 13.1 Å². The van der Waals surface area contributed by atoms with Gasteiger partial charge in [-0.2, -0.15) is 0 Å². The molecule has 0 aliphatic heterocycles. The molecule has 0 spiro atoms. The van der Waals surface area contributed by atoms with Crippen LogP contribution in [-0.4, -0.2) is 27.4 Å². The Labute approximate surface area is 147 Å². The summed E-state index contributed by atoms with van der Waals surface area (Å²) >= 11 is 0. The van der Waals surface area contributed by atoms with Crippen molar-refractivity contribution in [2.45, 2.75) is 25.2 Å².